The SMILES string of the molecule is CCC(CCNC(=O)OC(C)(C)C)CCc1cc2c(=O)n(C)cc(-c3ccc(OC)c(OC)c3)c2s1. The fraction of sp³-hybridized carbons (Fsp3) is 0.500. The summed E-state index contributed by atoms with van der Waals surface area (Å²) in [7, 11) is 5.02. The lowest BCUT2D eigenvalue weighted by Gasteiger charge is -2.20. The Morgan fingerprint density at radius 1 is 1.11 bits per heavy atom. The molecule has 0 aliphatic carbocycles. The first-order valence-electron chi connectivity index (χ1n) is 12.4. The maximum atomic E-state index is 12.9. The Hall–Kier alpha value is -3.00. The lowest BCUT2D eigenvalue weighted by atomic mass is 9.96. The second-order valence-corrected chi connectivity index (χ2v) is 11.2. The summed E-state index contributed by atoms with van der Waals surface area (Å²) in [5.41, 5.74) is 1.48. The number of aryl methyl sites for hydroxylation is 2. The third-order valence-corrected chi connectivity index (χ3v) is 7.42. The fourth-order valence-corrected chi connectivity index (χ4v) is 5.42. The van der Waals surface area contributed by atoms with Crippen LogP contribution in [-0.2, 0) is 18.2 Å². The lowest BCUT2D eigenvalue weighted by molar-refractivity contribution is 0.0524. The zero-order valence-corrected chi connectivity index (χ0v) is 23.2. The number of rotatable bonds is 10. The zero-order chi connectivity index (χ0) is 26.5. The summed E-state index contributed by atoms with van der Waals surface area (Å²) < 4.78 is 18.8. The molecule has 7 nitrogen and oxygen atoms in total. The molecule has 3 rings (SSSR count). The number of aromatic nitrogens is 1. The summed E-state index contributed by atoms with van der Waals surface area (Å²) in [6.07, 6.45) is 5.31. The van der Waals surface area contributed by atoms with Crippen LogP contribution in [0, 0.1) is 5.92 Å². The number of fused-ring (bicyclic) bond motifs is 1. The molecular formula is C28H38N2O5S. The van der Waals surface area contributed by atoms with E-state index in [4.69, 9.17) is 14.2 Å². The molecule has 1 amide bonds. The van der Waals surface area contributed by atoms with Gasteiger partial charge in [0.25, 0.3) is 5.56 Å². The van der Waals surface area contributed by atoms with Crippen molar-refractivity contribution in [2.45, 2.75) is 59.0 Å². The summed E-state index contributed by atoms with van der Waals surface area (Å²) >= 11 is 1.68. The van der Waals surface area contributed by atoms with Crippen molar-refractivity contribution in [3.63, 3.8) is 0 Å². The van der Waals surface area contributed by atoms with Crippen molar-refractivity contribution in [1.82, 2.24) is 9.88 Å². The molecule has 0 fully saturated rings. The molecule has 1 aromatic carbocycles. The van der Waals surface area contributed by atoms with Crippen LogP contribution in [0.4, 0.5) is 4.79 Å². The molecule has 0 spiro atoms. The van der Waals surface area contributed by atoms with Crippen LogP contribution in [0.3, 0.4) is 0 Å². The number of pyridine rings is 1. The molecule has 1 unspecified atom stereocenters. The molecule has 0 radical (unpaired) electrons. The predicted molar refractivity (Wildman–Crippen MR) is 147 cm³/mol. The van der Waals surface area contributed by atoms with E-state index in [-0.39, 0.29) is 11.7 Å². The Morgan fingerprint density at radius 3 is 2.47 bits per heavy atom. The Balaban J connectivity index is 1.76. The van der Waals surface area contributed by atoms with Crippen molar-refractivity contribution < 1.29 is 19.0 Å². The first kappa shape index (κ1) is 27.6. The summed E-state index contributed by atoms with van der Waals surface area (Å²) in [6.45, 7) is 8.33. The van der Waals surface area contributed by atoms with Crippen molar-refractivity contribution in [3.05, 3.63) is 45.7 Å². The maximum absolute atomic E-state index is 12.9. The summed E-state index contributed by atoms with van der Waals surface area (Å²) in [4.78, 5) is 26.0. The minimum atomic E-state index is -0.498. The number of nitrogens with zero attached hydrogens (tertiary/aromatic N) is 1. The van der Waals surface area contributed by atoms with Crippen LogP contribution < -0.4 is 20.3 Å². The third kappa shape index (κ3) is 6.81. The van der Waals surface area contributed by atoms with Crippen LogP contribution in [0.15, 0.2) is 35.3 Å². The Labute approximate surface area is 217 Å². The normalized spacial score (nSPS) is 12.4. The topological polar surface area (TPSA) is 78.8 Å². The Morgan fingerprint density at radius 2 is 1.83 bits per heavy atom. The maximum Gasteiger partial charge on any atom is 0.407 e. The Bertz CT molecular complexity index is 1260. The van der Waals surface area contributed by atoms with E-state index in [1.165, 1.54) is 4.88 Å². The van der Waals surface area contributed by atoms with Gasteiger partial charge >= 0.3 is 6.09 Å². The van der Waals surface area contributed by atoms with Gasteiger partial charge in [-0.15, -0.1) is 11.3 Å². The highest BCUT2D eigenvalue weighted by Gasteiger charge is 2.18. The van der Waals surface area contributed by atoms with Crippen molar-refractivity contribution in [2.75, 3.05) is 20.8 Å². The van der Waals surface area contributed by atoms with Gasteiger partial charge in [0, 0.05) is 34.9 Å². The van der Waals surface area contributed by atoms with Gasteiger partial charge in [-0.2, -0.15) is 0 Å². The number of thiophene rings is 1. The molecule has 0 bridgehead atoms. The number of hydrogen-bond acceptors (Lipinski definition) is 6. The van der Waals surface area contributed by atoms with Gasteiger partial charge < -0.3 is 24.1 Å². The van der Waals surface area contributed by atoms with Gasteiger partial charge in [0.1, 0.15) is 5.60 Å². The first-order chi connectivity index (χ1) is 17.1. The van der Waals surface area contributed by atoms with E-state index in [0.29, 0.717) is 24.0 Å². The summed E-state index contributed by atoms with van der Waals surface area (Å²) in [5.74, 6) is 1.79. The summed E-state index contributed by atoms with van der Waals surface area (Å²) in [6, 6.07) is 7.86. The first-order valence-corrected chi connectivity index (χ1v) is 13.2. The van der Waals surface area contributed by atoms with E-state index in [1.54, 1.807) is 37.2 Å². The number of carbonyl (C=O) groups is 1. The number of hydrogen-bond donors (Lipinski definition) is 1. The van der Waals surface area contributed by atoms with Gasteiger partial charge in [-0.25, -0.2) is 4.79 Å². The van der Waals surface area contributed by atoms with Crippen molar-refractivity contribution in [2.24, 2.45) is 13.0 Å². The van der Waals surface area contributed by atoms with E-state index >= 15 is 0 Å². The fourth-order valence-electron chi connectivity index (χ4n) is 4.23. The highest BCUT2D eigenvalue weighted by atomic mass is 32.1. The van der Waals surface area contributed by atoms with Gasteiger partial charge in [0.05, 0.1) is 19.6 Å². The van der Waals surface area contributed by atoms with Crippen LogP contribution in [0.5, 0.6) is 11.5 Å². The average molecular weight is 515 g/mol. The van der Waals surface area contributed by atoms with Crippen LogP contribution in [0.2, 0.25) is 0 Å². The number of alkyl carbamates (subject to hydrolysis) is 1. The monoisotopic (exact) mass is 514 g/mol. The van der Waals surface area contributed by atoms with E-state index in [2.05, 4.69) is 12.2 Å². The van der Waals surface area contributed by atoms with E-state index in [0.717, 1.165) is 46.9 Å². The molecular weight excluding hydrogens is 476 g/mol. The number of ether oxygens (including phenoxy) is 3. The third-order valence-electron chi connectivity index (χ3n) is 6.19. The molecule has 1 atom stereocenters. The smallest absolute Gasteiger partial charge is 0.407 e. The second kappa shape index (κ2) is 11.8. The van der Waals surface area contributed by atoms with Crippen LogP contribution in [0.25, 0.3) is 21.2 Å². The molecule has 36 heavy (non-hydrogen) atoms. The lowest BCUT2D eigenvalue weighted by Crippen LogP contribution is -2.33. The molecule has 1 N–H and O–H groups in total. The second-order valence-electron chi connectivity index (χ2n) is 10.0. The molecule has 8 heteroatoms. The van der Waals surface area contributed by atoms with E-state index in [1.807, 2.05) is 51.2 Å². The number of carbonyl (C=O) groups excluding carboxylic acids is 1. The molecule has 0 aliphatic rings. The average Bonchev–Trinajstić information content (AvgIpc) is 3.26. The quantitative estimate of drug-likeness (QED) is 0.351. The number of benzene rings is 1. The van der Waals surface area contributed by atoms with Crippen LogP contribution >= 0.6 is 11.3 Å². The molecule has 0 saturated heterocycles. The molecule has 3 aromatic rings. The van der Waals surface area contributed by atoms with E-state index in [9.17, 15) is 9.59 Å². The largest absolute Gasteiger partial charge is 0.493 e. The minimum Gasteiger partial charge on any atom is -0.493 e. The molecule has 0 aliphatic heterocycles. The zero-order valence-electron chi connectivity index (χ0n) is 22.4. The Kier molecular flexibility index (Phi) is 9.06. The predicted octanol–water partition coefficient (Wildman–Crippen LogP) is 6.16. The standard InChI is InChI=1S/C28H38N2O5S/c1-8-18(13-14-29-27(32)35-28(2,3)4)9-11-20-16-21-25(36-20)22(17-30(5)26(21)31)19-10-12-23(33-6)24(15-19)34-7/h10,12,15-18H,8-9,11,13-14H2,1-7H3,(H,29,32). The molecule has 196 valence electrons. The minimum absolute atomic E-state index is 0.00493. The summed E-state index contributed by atoms with van der Waals surface area (Å²) in [5, 5.41) is 3.60. The van der Waals surface area contributed by atoms with Gasteiger partial charge in [0.15, 0.2) is 11.5 Å². The van der Waals surface area contributed by atoms with Crippen LogP contribution in [0.1, 0.15) is 51.8 Å². The van der Waals surface area contributed by atoms with Gasteiger partial charge in [-0.3, -0.25) is 4.79 Å². The molecule has 0 saturated carbocycles. The van der Waals surface area contributed by atoms with Gasteiger partial charge in [-0.05, 0) is 69.7 Å². The van der Waals surface area contributed by atoms with E-state index < -0.39 is 5.60 Å². The number of nitrogens with one attached hydrogen (secondary N) is 1. The molecule has 2 aromatic heterocycles. The van der Waals surface area contributed by atoms with Crippen molar-refractivity contribution in [1.29, 1.82) is 0 Å². The van der Waals surface area contributed by atoms with Crippen molar-refractivity contribution >= 4 is 27.5 Å². The molecule has 2 heterocycles. The number of amides is 1. The van der Waals surface area contributed by atoms with Crippen molar-refractivity contribution in [3.8, 4) is 22.6 Å². The van der Waals surface area contributed by atoms with Gasteiger partial charge in [-0.1, -0.05) is 19.4 Å². The highest BCUT2D eigenvalue weighted by Crippen LogP contribution is 2.38. The van der Waals surface area contributed by atoms with Crippen LogP contribution in [-0.4, -0.2) is 37.0 Å². The van der Waals surface area contributed by atoms with Gasteiger partial charge in [0.2, 0.25) is 0 Å². The number of methoxy groups -OCH3 is 2. The highest BCUT2D eigenvalue weighted by molar-refractivity contribution is 7.19.